The van der Waals surface area contributed by atoms with E-state index in [4.69, 9.17) is 21.4 Å². The average molecular weight is 524 g/mol. The molecule has 2 aromatic heterocycles. The quantitative estimate of drug-likeness (QED) is 0.459. The number of carbonyl (C=O) groups is 1. The van der Waals surface area contributed by atoms with Crippen molar-refractivity contribution in [2.45, 2.75) is 64.6 Å². The summed E-state index contributed by atoms with van der Waals surface area (Å²) in [6.45, 7) is 7.48. The molecule has 0 aliphatic carbocycles. The van der Waals surface area contributed by atoms with Gasteiger partial charge in [-0.25, -0.2) is 9.48 Å². The van der Waals surface area contributed by atoms with Crippen molar-refractivity contribution in [1.29, 1.82) is 5.26 Å². The highest BCUT2D eigenvalue weighted by Gasteiger charge is 2.28. The number of carbonyl (C=O) groups excluding carboxylic acids is 1. The highest BCUT2D eigenvalue weighted by molar-refractivity contribution is 6.30. The number of nitriles is 1. The van der Waals surface area contributed by atoms with Crippen molar-refractivity contribution in [3.8, 4) is 17.3 Å². The van der Waals surface area contributed by atoms with Gasteiger partial charge in [0.2, 0.25) is 0 Å². The van der Waals surface area contributed by atoms with Gasteiger partial charge in [0.25, 0.3) is 0 Å². The minimum absolute atomic E-state index is 0.116. The second-order valence-electron chi connectivity index (χ2n) is 10.3. The van der Waals surface area contributed by atoms with Crippen molar-refractivity contribution in [1.82, 2.24) is 24.5 Å². The fourth-order valence-corrected chi connectivity index (χ4v) is 4.90. The lowest BCUT2D eigenvalue weighted by Gasteiger charge is -2.30. The van der Waals surface area contributed by atoms with Crippen LogP contribution in [0.15, 0.2) is 36.7 Å². The molecule has 10 heteroatoms. The summed E-state index contributed by atoms with van der Waals surface area (Å²) in [5, 5.41) is 23.3. The van der Waals surface area contributed by atoms with Crippen molar-refractivity contribution in [2.24, 2.45) is 0 Å². The SMILES string of the molecule is CNc1c(C#N)c(-c2cnn(Cc3cccc(Cl)c3)c2)nn1C1CCCN(C(=O)OC(C)(C)C)CCC1. The van der Waals surface area contributed by atoms with E-state index in [1.54, 1.807) is 11.1 Å². The number of nitrogens with one attached hydrogen (secondary N) is 1. The van der Waals surface area contributed by atoms with Crippen molar-refractivity contribution in [3.63, 3.8) is 0 Å². The summed E-state index contributed by atoms with van der Waals surface area (Å²) >= 11 is 6.12. The fraction of sp³-hybridized carbons (Fsp3) is 0.481. The second kappa shape index (κ2) is 11.3. The topological polar surface area (TPSA) is 101 Å². The number of rotatable bonds is 5. The predicted molar refractivity (Wildman–Crippen MR) is 144 cm³/mol. The lowest BCUT2D eigenvalue weighted by atomic mass is 10.0. The Kier molecular flexibility index (Phi) is 8.08. The summed E-state index contributed by atoms with van der Waals surface area (Å²) in [6.07, 6.45) is 6.72. The largest absolute Gasteiger partial charge is 0.444 e. The Morgan fingerprint density at radius 2 is 2.00 bits per heavy atom. The number of anilines is 1. The molecular weight excluding hydrogens is 490 g/mol. The molecule has 9 nitrogen and oxygen atoms in total. The third kappa shape index (κ3) is 6.44. The van der Waals surface area contributed by atoms with E-state index in [2.05, 4.69) is 16.5 Å². The molecule has 1 fully saturated rings. The zero-order chi connectivity index (χ0) is 26.6. The summed E-state index contributed by atoms with van der Waals surface area (Å²) in [5.74, 6) is 0.703. The van der Waals surface area contributed by atoms with E-state index in [0.717, 1.165) is 36.8 Å². The predicted octanol–water partition coefficient (Wildman–Crippen LogP) is 5.71. The van der Waals surface area contributed by atoms with Gasteiger partial charge in [-0.3, -0.25) is 4.68 Å². The number of likely N-dealkylation sites (tertiary alicyclic amines) is 1. The molecule has 0 radical (unpaired) electrons. The van der Waals surface area contributed by atoms with E-state index in [9.17, 15) is 10.1 Å². The molecule has 1 aromatic carbocycles. The first kappa shape index (κ1) is 26.6. The van der Waals surface area contributed by atoms with Crippen LogP contribution in [-0.4, -0.2) is 56.3 Å². The third-order valence-electron chi connectivity index (χ3n) is 6.33. The van der Waals surface area contributed by atoms with E-state index in [1.165, 1.54) is 0 Å². The zero-order valence-electron chi connectivity index (χ0n) is 21.9. The van der Waals surface area contributed by atoms with Crippen molar-refractivity contribution < 1.29 is 9.53 Å². The molecule has 1 amide bonds. The molecule has 0 unspecified atom stereocenters. The maximum absolute atomic E-state index is 12.5. The van der Waals surface area contributed by atoms with Gasteiger partial charge in [-0.05, 0) is 64.2 Å². The lowest BCUT2D eigenvalue weighted by Crippen LogP contribution is -2.39. The van der Waals surface area contributed by atoms with Crippen LogP contribution in [0.5, 0.6) is 0 Å². The number of ether oxygens (including phenoxy) is 1. The van der Waals surface area contributed by atoms with Gasteiger partial charge in [0.1, 0.15) is 28.7 Å². The van der Waals surface area contributed by atoms with Gasteiger partial charge >= 0.3 is 6.09 Å². The highest BCUT2D eigenvalue weighted by atomic mass is 35.5. The molecular formula is C27H34ClN7O2. The number of nitrogens with zero attached hydrogens (tertiary/aromatic N) is 6. The highest BCUT2D eigenvalue weighted by Crippen LogP contribution is 2.34. The zero-order valence-corrected chi connectivity index (χ0v) is 22.6. The number of hydrogen-bond donors (Lipinski definition) is 1. The van der Waals surface area contributed by atoms with Crippen LogP contribution < -0.4 is 5.32 Å². The molecule has 0 saturated carbocycles. The Bertz CT molecular complexity index is 1270. The Labute approximate surface area is 223 Å². The minimum Gasteiger partial charge on any atom is -0.444 e. The molecule has 1 N–H and O–H groups in total. The average Bonchev–Trinajstić information content (AvgIpc) is 3.41. The number of halogens is 1. The van der Waals surface area contributed by atoms with E-state index >= 15 is 0 Å². The summed E-state index contributed by atoms with van der Waals surface area (Å²) in [5.41, 5.74) is 2.43. The molecule has 0 bridgehead atoms. The van der Waals surface area contributed by atoms with Crippen LogP contribution in [0.3, 0.4) is 0 Å². The van der Waals surface area contributed by atoms with Gasteiger partial charge in [0.15, 0.2) is 0 Å². The van der Waals surface area contributed by atoms with Gasteiger partial charge in [0, 0.05) is 36.9 Å². The van der Waals surface area contributed by atoms with Crippen molar-refractivity contribution in [3.05, 3.63) is 52.8 Å². The van der Waals surface area contributed by atoms with E-state index in [0.29, 0.717) is 41.7 Å². The first-order valence-corrected chi connectivity index (χ1v) is 13.0. The first-order chi connectivity index (χ1) is 17.7. The number of hydrogen-bond acceptors (Lipinski definition) is 6. The normalized spacial score (nSPS) is 15.1. The van der Waals surface area contributed by atoms with E-state index in [1.807, 2.05) is 67.6 Å². The van der Waals surface area contributed by atoms with Gasteiger partial charge in [-0.15, -0.1) is 0 Å². The molecule has 0 spiro atoms. The van der Waals surface area contributed by atoms with Crippen LogP contribution in [0.4, 0.5) is 10.6 Å². The molecule has 1 saturated heterocycles. The van der Waals surface area contributed by atoms with Crippen LogP contribution in [0, 0.1) is 11.3 Å². The molecule has 0 atom stereocenters. The molecule has 196 valence electrons. The van der Waals surface area contributed by atoms with Crippen LogP contribution in [0.1, 0.15) is 63.6 Å². The van der Waals surface area contributed by atoms with Crippen LogP contribution in [0.25, 0.3) is 11.3 Å². The molecule has 4 rings (SSSR count). The van der Waals surface area contributed by atoms with Gasteiger partial charge in [-0.1, -0.05) is 23.7 Å². The summed E-state index contributed by atoms with van der Waals surface area (Å²) < 4.78 is 9.33. The second-order valence-corrected chi connectivity index (χ2v) is 10.8. The number of amides is 1. The van der Waals surface area contributed by atoms with Gasteiger partial charge in [-0.2, -0.15) is 15.5 Å². The Balaban J connectivity index is 1.52. The lowest BCUT2D eigenvalue weighted by molar-refractivity contribution is 0.0228. The number of benzene rings is 1. The Hall–Kier alpha value is -3.51. The Morgan fingerprint density at radius 1 is 1.27 bits per heavy atom. The van der Waals surface area contributed by atoms with E-state index in [-0.39, 0.29) is 12.1 Å². The first-order valence-electron chi connectivity index (χ1n) is 12.6. The van der Waals surface area contributed by atoms with Gasteiger partial charge < -0.3 is 15.0 Å². The van der Waals surface area contributed by atoms with Crippen LogP contribution in [0.2, 0.25) is 5.02 Å². The smallest absolute Gasteiger partial charge is 0.410 e. The molecule has 1 aliphatic rings. The van der Waals surface area contributed by atoms with Gasteiger partial charge in [0.05, 0.1) is 18.8 Å². The Morgan fingerprint density at radius 3 is 2.62 bits per heavy atom. The summed E-state index contributed by atoms with van der Waals surface area (Å²) in [6, 6.07) is 10.1. The standard InChI is InChI=1S/C27H34ClN7O2/c1-27(2,3)37-26(36)33-12-6-10-22(11-7-13-33)35-25(30-4)23(15-29)24(32-35)20-16-31-34(18-20)17-19-8-5-9-21(28)14-19/h5,8-9,14,16,18,22,30H,6-7,10-13,17H2,1-4H3. The van der Waals surface area contributed by atoms with Crippen LogP contribution in [-0.2, 0) is 11.3 Å². The van der Waals surface area contributed by atoms with E-state index < -0.39 is 5.60 Å². The third-order valence-corrected chi connectivity index (χ3v) is 6.56. The molecule has 3 heterocycles. The summed E-state index contributed by atoms with van der Waals surface area (Å²) in [7, 11) is 1.81. The molecule has 37 heavy (non-hydrogen) atoms. The number of aromatic nitrogens is 4. The maximum atomic E-state index is 12.5. The maximum Gasteiger partial charge on any atom is 0.410 e. The van der Waals surface area contributed by atoms with Crippen molar-refractivity contribution in [2.75, 3.05) is 25.5 Å². The van der Waals surface area contributed by atoms with Crippen LogP contribution >= 0.6 is 11.6 Å². The summed E-state index contributed by atoms with van der Waals surface area (Å²) in [4.78, 5) is 14.3. The fourth-order valence-electron chi connectivity index (χ4n) is 4.69. The van der Waals surface area contributed by atoms with Crippen molar-refractivity contribution >= 4 is 23.5 Å². The molecule has 3 aromatic rings. The monoisotopic (exact) mass is 523 g/mol. The minimum atomic E-state index is -0.509. The molecule has 1 aliphatic heterocycles.